The average Bonchev–Trinajstić information content (AvgIpc) is 2.25. The van der Waals surface area contributed by atoms with E-state index in [9.17, 15) is 9.59 Å². The Morgan fingerprint density at radius 3 is 2.38 bits per heavy atom. The summed E-state index contributed by atoms with van der Waals surface area (Å²) in [6, 6.07) is -0.779. The number of carbonyl (C=O) groups excluding carboxylic acids is 1. The lowest BCUT2D eigenvalue weighted by atomic mass is 9.99. The molecule has 0 unspecified atom stereocenters. The van der Waals surface area contributed by atoms with Gasteiger partial charge < -0.3 is 15.7 Å². The van der Waals surface area contributed by atoms with E-state index in [1.54, 1.807) is 0 Å². The van der Waals surface area contributed by atoms with Crippen LogP contribution in [0.15, 0.2) is 0 Å². The Hall–Kier alpha value is -1.10. The second-order valence-electron chi connectivity index (χ2n) is 3.87. The Morgan fingerprint density at radius 1 is 1.31 bits per heavy atom. The molecule has 0 aromatic heterocycles. The fraction of sp³-hybridized carbons (Fsp3) is 0.818. The van der Waals surface area contributed by atoms with E-state index in [4.69, 9.17) is 5.11 Å². The molecule has 5 heteroatoms. The third kappa shape index (κ3) is 5.70. The predicted octanol–water partition coefficient (Wildman–Crippen LogP) is 0.601. The molecule has 0 aromatic rings. The molecular weight excluding hydrogens is 208 g/mol. The largest absolute Gasteiger partial charge is 0.480 e. The van der Waals surface area contributed by atoms with Crippen LogP contribution in [0.25, 0.3) is 0 Å². The van der Waals surface area contributed by atoms with Gasteiger partial charge in [0, 0.05) is 13.0 Å². The van der Waals surface area contributed by atoms with Gasteiger partial charge in [-0.15, -0.1) is 0 Å². The highest BCUT2D eigenvalue weighted by Gasteiger charge is 2.24. The second-order valence-corrected chi connectivity index (χ2v) is 3.87. The molecule has 2 atom stereocenters. The highest BCUT2D eigenvalue weighted by atomic mass is 16.4. The summed E-state index contributed by atoms with van der Waals surface area (Å²) in [6.45, 7) is 7.07. The van der Waals surface area contributed by atoms with Gasteiger partial charge in [0.25, 0.3) is 0 Å². The topological polar surface area (TPSA) is 78.4 Å². The minimum absolute atomic E-state index is 0.0550. The van der Waals surface area contributed by atoms with Crippen molar-refractivity contribution in [2.45, 2.75) is 39.7 Å². The van der Waals surface area contributed by atoms with Crippen LogP contribution in [0, 0.1) is 5.92 Å². The van der Waals surface area contributed by atoms with E-state index in [0.29, 0.717) is 13.0 Å². The number of nitrogens with one attached hydrogen (secondary N) is 2. The number of carboxylic acid groups (broad SMARTS) is 1. The van der Waals surface area contributed by atoms with E-state index in [-0.39, 0.29) is 11.8 Å². The molecule has 0 heterocycles. The number of aliphatic carboxylic acids is 1. The number of carbonyl (C=O) groups is 2. The monoisotopic (exact) mass is 230 g/mol. The van der Waals surface area contributed by atoms with Crippen LogP contribution in [0.2, 0.25) is 0 Å². The highest BCUT2D eigenvalue weighted by Crippen LogP contribution is 2.07. The predicted molar refractivity (Wildman–Crippen MR) is 62.2 cm³/mol. The molecule has 0 saturated carbocycles. The van der Waals surface area contributed by atoms with E-state index < -0.39 is 12.0 Å². The Balaban J connectivity index is 4.09. The van der Waals surface area contributed by atoms with Crippen LogP contribution in [-0.2, 0) is 9.59 Å². The van der Waals surface area contributed by atoms with Crippen molar-refractivity contribution in [3.63, 3.8) is 0 Å². The normalized spacial score (nSPS) is 14.2. The van der Waals surface area contributed by atoms with Gasteiger partial charge in [-0.1, -0.05) is 27.2 Å². The van der Waals surface area contributed by atoms with Gasteiger partial charge in [0.1, 0.15) is 6.04 Å². The number of carboxylic acids is 1. The summed E-state index contributed by atoms with van der Waals surface area (Å²) < 4.78 is 0. The standard InChI is InChI=1S/C11H22N2O3/c1-4-8(3)10(11(15)16)13-9(14)6-7-12-5-2/h8,10,12H,4-7H2,1-3H3,(H,13,14)(H,15,16)/t8-,10-/m0/s1. The van der Waals surface area contributed by atoms with Crippen molar-refractivity contribution in [2.24, 2.45) is 5.92 Å². The molecule has 94 valence electrons. The van der Waals surface area contributed by atoms with Crippen LogP contribution in [-0.4, -0.2) is 36.1 Å². The van der Waals surface area contributed by atoms with Gasteiger partial charge in [0.15, 0.2) is 0 Å². The van der Waals surface area contributed by atoms with Crippen molar-refractivity contribution in [1.82, 2.24) is 10.6 Å². The van der Waals surface area contributed by atoms with E-state index in [0.717, 1.165) is 13.0 Å². The maximum atomic E-state index is 11.4. The molecule has 5 nitrogen and oxygen atoms in total. The number of hydrogen-bond donors (Lipinski definition) is 3. The molecule has 3 N–H and O–H groups in total. The van der Waals surface area contributed by atoms with Crippen molar-refractivity contribution in [3.8, 4) is 0 Å². The van der Waals surface area contributed by atoms with Crippen molar-refractivity contribution in [1.29, 1.82) is 0 Å². The molecule has 0 saturated heterocycles. The first-order chi connectivity index (χ1) is 7.52. The number of amides is 1. The minimum atomic E-state index is -0.967. The molecule has 0 bridgehead atoms. The lowest BCUT2D eigenvalue weighted by molar-refractivity contribution is -0.143. The molecule has 1 amide bonds. The van der Waals surface area contributed by atoms with Gasteiger partial charge in [0.2, 0.25) is 5.91 Å². The molecule has 16 heavy (non-hydrogen) atoms. The van der Waals surface area contributed by atoms with Crippen LogP contribution in [0.1, 0.15) is 33.6 Å². The van der Waals surface area contributed by atoms with E-state index in [1.807, 2.05) is 20.8 Å². The van der Waals surface area contributed by atoms with Crippen LogP contribution >= 0.6 is 0 Å². The summed E-state index contributed by atoms with van der Waals surface area (Å²) >= 11 is 0. The molecule has 0 fully saturated rings. The third-order valence-corrected chi connectivity index (χ3v) is 2.57. The summed E-state index contributed by atoms with van der Waals surface area (Å²) in [5.41, 5.74) is 0. The Bertz CT molecular complexity index is 231. The lowest BCUT2D eigenvalue weighted by Gasteiger charge is -2.20. The van der Waals surface area contributed by atoms with Crippen LogP contribution < -0.4 is 10.6 Å². The first-order valence-corrected chi connectivity index (χ1v) is 5.75. The molecule has 0 spiro atoms. The van der Waals surface area contributed by atoms with E-state index in [1.165, 1.54) is 0 Å². The summed E-state index contributed by atoms with van der Waals surface area (Å²) in [5, 5.41) is 14.5. The van der Waals surface area contributed by atoms with Gasteiger partial charge in [0.05, 0.1) is 0 Å². The molecule has 0 aliphatic rings. The molecule has 0 rings (SSSR count). The fourth-order valence-corrected chi connectivity index (χ4v) is 1.31. The van der Waals surface area contributed by atoms with E-state index in [2.05, 4.69) is 10.6 Å². The average molecular weight is 230 g/mol. The second kappa shape index (κ2) is 8.10. The molecular formula is C11H22N2O3. The lowest BCUT2D eigenvalue weighted by Crippen LogP contribution is -2.45. The molecule has 0 aliphatic heterocycles. The zero-order valence-electron chi connectivity index (χ0n) is 10.2. The van der Waals surface area contributed by atoms with Gasteiger partial charge in [-0.05, 0) is 12.5 Å². The Labute approximate surface area is 96.6 Å². The Kier molecular flexibility index (Phi) is 7.54. The number of hydrogen-bond acceptors (Lipinski definition) is 3. The van der Waals surface area contributed by atoms with Gasteiger partial charge in [-0.3, -0.25) is 4.79 Å². The quantitative estimate of drug-likeness (QED) is 0.534. The minimum Gasteiger partial charge on any atom is -0.480 e. The summed E-state index contributed by atoms with van der Waals surface area (Å²) in [7, 11) is 0. The van der Waals surface area contributed by atoms with Crippen LogP contribution in [0.4, 0.5) is 0 Å². The van der Waals surface area contributed by atoms with Crippen molar-refractivity contribution in [3.05, 3.63) is 0 Å². The zero-order chi connectivity index (χ0) is 12.6. The fourth-order valence-electron chi connectivity index (χ4n) is 1.31. The SMILES string of the molecule is CCNCCC(=O)N[C@H](C(=O)O)[C@@H](C)CC. The molecule has 0 aliphatic carbocycles. The smallest absolute Gasteiger partial charge is 0.326 e. The zero-order valence-corrected chi connectivity index (χ0v) is 10.2. The molecule has 0 aromatic carbocycles. The van der Waals surface area contributed by atoms with Crippen LogP contribution in [0.5, 0.6) is 0 Å². The van der Waals surface area contributed by atoms with Crippen LogP contribution in [0.3, 0.4) is 0 Å². The van der Waals surface area contributed by atoms with Gasteiger partial charge in [-0.25, -0.2) is 4.79 Å². The maximum absolute atomic E-state index is 11.4. The van der Waals surface area contributed by atoms with E-state index >= 15 is 0 Å². The first kappa shape index (κ1) is 14.9. The van der Waals surface area contributed by atoms with Crippen molar-refractivity contribution >= 4 is 11.9 Å². The summed E-state index contributed by atoms with van der Waals surface area (Å²) in [6.07, 6.45) is 1.04. The van der Waals surface area contributed by atoms with Crippen molar-refractivity contribution in [2.75, 3.05) is 13.1 Å². The third-order valence-electron chi connectivity index (χ3n) is 2.57. The van der Waals surface area contributed by atoms with Gasteiger partial charge >= 0.3 is 5.97 Å². The van der Waals surface area contributed by atoms with Gasteiger partial charge in [-0.2, -0.15) is 0 Å². The summed E-state index contributed by atoms with van der Waals surface area (Å²) in [4.78, 5) is 22.4. The Morgan fingerprint density at radius 2 is 1.94 bits per heavy atom. The first-order valence-electron chi connectivity index (χ1n) is 5.75. The molecule has 0 radical (unpaired) electrons. The maximum Gasteiger partial charge on any atom is 0.326 e. The summed E-state index contributed by atoms with van der Waals surface area (Å²) in [5.74, 6) is -1.24. The highest BCUT2D eigenvalue weighted by molar-refractivity contribution is 5.83. The number of rotatable bonds is 8. The van der Waals surface area contributed by atoms with Crippen molar-refractivity contribution < 1.29 is 14.7 Å².